The molecule has 0 aliphatic carbocycles. The highest BCUT2D eigenvalue weighted by Gasteiger charge is 2.20. The van der Waals surface area contributed by atoms with E-state index in [-0.39, 0.29) is 36.3 Å². The maximum atomic E-state index is 11.8. The number of nitro groups is 2. The molecule has 16 heteroatoms. The number of likely N-dealkylation sites (N-methyl/N-ethyl adjacent to an activating group) is 1. The van der Waals surface area contributed by atoms with Gasteiger partial charge in [-0.2, -0.15) is 0 Å². The van der Waals surface area contributed by atoms with E-state index >= 15 is 0 Å². The fourth-order valence-corrected chi connectivity index (χ4v) is 3.03. The van der Waals surface area contributed by atoms with Crippen molar-refractivity contribution in [2.45, 2.75) is 26.4 Å². The van der Waals surface area contributed by atoms with E-state index in [4.69, 9.17) is 33.2 Å². The number of amides is 1. The maximum Gasteiger partial charge on any atom is 0.410 e. The minimum atomic E-state index is -0.684. The highest BCUT2D eigenvalue weighted by atomic mass is 16.6. The van der Waals surface area contributed by atoms with Gasteiger partial charge in [0.05, 0.1) is 95.2 Å². The van der Waals surface area contributed by atoms with Gasteiger partial charge in [0.1, 0.15) is 11.3 Å². The normalized spacial score (nSPS) is 11.3. The number of nitro benzene ring substituents is 2. The Hall–Kier alpha value is -3.15. The highest BCUT2D eigenvalue weighted by Crippen LogP contribution is 2.28. The molecule has 0 bridgehead atoms. The molecule has 0 atom stereocenters. The summed E-state index contributed by atoms with van der Waals surface area (Å²) < 4.78 is 37.8. The Balaban J connectivity index is 1.86. The van der Waals surface area contributed by atoms with E-state index in [0.717, 1.165) is 6.07 Å². The van der Waals surface area contributed by atoms with Crippen molar-refractivity contribution in [3.63, 3.8) is 0 Å². The second kappa shape index (κ2) is 21.5. The number of rotatable bonds is 24. The predicted octanol–water partition coefficient (Wildman–Crippen LogP) is 2.88. The SMILES string of the molecule is CN(CCOCCOCCOCCOCCOCCOCCNc1ccc([N+](=O)[O-])cc1[N+](=O)[O-])C(=O)OC(C)(C)C. The molecule has 1 aromatic rings. The van der Waals surface area contributed by atoms with E-state index in [2.05, 4.69) is 5.32 Å². The first-order valence-electron chi connectivity index (χ1n) is 13.6. The van der Waals surface area contributed by atoms with Gasteiger partial charge in [-0.1, -0.05) is 0 Å². The van der Waals surface area contributed by atoms with E-state index in [1.807, 2.05) is 20.8 Å². The zero-order valence-electron chi connectivity index (χ0n) is 24.9. The molecule has 0 radical (unpaired) electrons. The fraction of sp³-hybridized carbons (Fsp3) is 0.731. The standard InChI is InChI=1S/C26H44N4O12/c1-26(2,3)42-25(31)28(4)8-10-37-12-14-39-16-18-41-20-19-40-17-15-38-13-11-36-9-7-27-23-6-5-22(29(32)33)21-24(23)30(34)35/h5-6,21,27H,7-20H2,1-4H3. The molecule has 0 heterocycles. The lowest BCUT2D eigenvalue weighted by Crippen LogP contribution is -2.36. The Kier molecular flexibility index (Phi) is 18.9. The summed E-state index contributed by atoms with van der Waals surface area (Å²) in [4.78, 5) is 33.8. The van der Waals surface area contributed by atoms with Gasteiger partial charge in [0.2, 0.25) is 0 Å². The number of anilines is 1. The number of hydrogen-bond acceptors (Lipinski definition) is 13. The number of carbonyl (C=O) groups is 1. The average Bonchev–Trinajstić information content (AvgIpc) is 2.92. The molecular weight excluding hydrogens is 560 g/mol. The lowest BCUT2D eigenvalue weighted by atomic mass is 10.2. The fourth-order valence-electron chi connectivity index (χ4n) is 3.03. The quantitative estimate of drug-likeness (QED) is 0.103. The van der Waals surface area contributed by atoms with E-state index < -0.39 is 15.4 Å². The zero-order valence-corrected chi connectivity index (χ0v) is 24.9. The number of hydrogen-bond donors (Lipinski definition) is 1. The van der Waals surface area contributed by atoms with Crippen LogP contribution in [0.4, 0.5) is 21.9 Å². The van der Waals surface area contributed by atoms with E-state index in [9.17, 15) is 25.0 Å². The number of benzene rings is 1. The van der Waals surface area contributed by atoms with Crippen LogP contribution in [0.3, 0.4) is 0 Å². The molecule has 0 aliphatic rings. The van der Waals surface area contributed by atoms with Crippen molar-refractivity contribution in [3.8, 4) is 0 Å². The molecule has 1 rings (SSSR count). The summed E-state index contributed by atoms with van der Waals surface area (Å²) in [6, 6.07) is 3.42. The number of ether oxygens (including phenoxy) is 7. The Labute approximate surface area is 245 Å². The zero-order chi connectivity index (χ0) is 31.2. The summed E-state index contributed by atoms with van der Waals surface area (Å²) in [5.74, 6) is 0. The minimum Gasteiger partial charge on any atom is -0.444 e. The van der Waals surface area contributed by atoms with Crippen molar-refractivity contribution in [1.29, 1.82) is 0 Å². The molecule has 1 aromatic carbocycles. The topological polar surface area (TPSA) is 183 Å². The molecule has 0 saturated carbocycles. The van der Waals surface area contributed by atoms with Gasteiger partial charge in [0, 0.05) is 26.2 Å². The highest BCUT2D eigenvalue weighted by molar-refractivity contribution is 5.67. The van der Waals surface area contributed by atoms with Crippen molar-refractivity contribution < 1.29 is 47.8 Å². The summed E-state index contributed by atoms with van der Waals surface area (Å²) >= 11 is 0. The Morgan fingerprint density at radius 1 is 0.762 bits per heavy atom. The van der Waals surface area contributed by atoms with Crippen LogP contribution in [-0.2, 0) is 33.2 Å². The van der Waals surface area contributed by atoms with Crippen LogP contribution in [0.25, 0.3) is 0 Å². The number of carbonyl (C=O) groups excluding carboxylic acids is 1. The molecule has 0 aliphatic heterocycles. The van der Waals surface area contributed by atoms with E-state index in [1.165, 1.54) is 17.0 Å². The molecule has 0 unspecified atom stereocenters. The summed E-state index contributed by atoms with van der Waals surface area (Å²) in [7, 11) is 1.66. The lowest BCUT2D eigenvalue weighted by molar-refractivity contribution is -0.393. The minimum absolute atomic E-state index is 0.183. The van der Waals surface area contributed by atoms with Gasteiger partial charge >= 0.3 is 6.09 Å². The molecule has 0 aromatic heterocycles. The first-order valence-corrected chi connectivity index (χ1v) is 13.6. The third-order valence-corrected chi connectivity index (χ3v) is 5.09. The Morgan fingerprint density at radius 2 is 1.21 bits per heavy atom. The van der Waals surface area contributed by atoms with Crippen LogP contribution in [0.2, 0.25) is 0 Å². The molecule has 1 amide bonds. The molecule has 240 valence electrons. The van der Waals surface area contributed by atoms with E-state index in [1.54, 1.807) is 7.05 Å². The second-order valence-electron chi connectivity index (χ2n) is 9.72. The summed E-state index contributed by atoms with van der Waals surface area (Å²) in [5, 5.41) is 24.7. The van der Waals surface area contributed by atoms with Crippen LogP contribution in [0.1, 0.15) is 20.8 Å². The number of nitrogens with one attached hydrogen (secondary N) is 1. The van der Waals surface area contributed by atoms with Crippen molar-refractivity contribution in [1.82, 2.24) is 4.90 Å². The average molecular weight is 605 g/mol. The number of nitrogens with zero attached hydrogens (tertiary/aromatic N) is 3. The Bertz CT molecular complexity index is 929. The van der Waals surface area contributed by atoms with Crippen LogP contribution in [-0.4, -0.2) is 126 Å². The lowest BCUT2D eigenvalue weighted by Gasteiger charge is -2.24. The molecular formula is C26H44N4O12. The van der Waals surface area contributed by atoms with Crippen molar-refractivity contribution in [2.24, 2.45) is 0 Å². The van der Waals surface area contributed by atoms with Crippen molar-refractivity contribution in [3.05, 3.63) is 38.4 Å². The van der Waals surface area contributed by atoms with Gasteiger partial charge in [-0.05, 0) is 26.8 Å². The molecule has 0 spiro atoms. The maximum absolute atomic E-state index is 11.8. The van der Waals surface area contributed by atoms with Crippen LogP contribution in [0.15, 0.2) is 18.2 Å². The number of non-ortho nitro benzene ring substituents is 1. The largest absolute Gasteiger partial charge is 0.444 e. The molecule has 0 saturated heterocycles. The first-order chi connectivity index (χ1) is 20.0. The third-order valence-electron chi connectivity index (χ3n) is 5.09. The van der Waals surface area contributed by atoms with Gasteiger partial charge in [0.25, 0.3) is 11.4 Å². The van der Waals surface area contributed by atoms with Gasteiger partial charge in [-0.25, -0.2) is 4.79 Å². The second-order valence-corrected chi connectivity index (χ2v) is 9.72. The predicted molar refractivity (Wildman–Crippen MR) is 152 cm³/mol. The van der Waals surface area contributed by atoms with Gasteiger partial charge in [-0.3, -0.25) is 20.2 Å². The molecule has 42 heavy (non-hydrogen) atoms. The molecule has 16 nitrogen and oxygen atoms in total. The Morgan fingerprint density at radius 3 is 1.64 bits per heavy atom. The monoisotopic (exact) mass is 604 g/mol. The van der Waals surface area contributed by atoms with Crippen LogP contribution in [0, 0.1) is 20.2 Å². The van der Waals surface area contributed by atoms with Gasteiger partial charge < -0.3 is 43.4 Å². The smallest absolute Gasteiger partial charge is 0.410 e. The van der Waals surface area contributed by atoms with Crippen LogP contribution < -0.4 is 5.32 Å². The summed E-state index contributed by atoms with van der Waals surface area (Å²) in [5.41, 5.74) is -1.06. The van der Waals surface area contributed by atoms with Crippen molar-refractivity contribution in [2.75, 3.05) is 105 Å². The summed E-state index contributed by atoms with van der Waals surface area (Å²) in [6.07, 6.45) is -0.384. The third kappa shape index (κ3) is 18.3. The van der Waals surface area contributed by atoms with Gasteiger partial charge in [-0.15, -0.1) is 0 Å². The van der Waals surface area contributed by atoms with Crippen LogP contribution >= 0.6 is 0 Å². The van der Waals surface area contributed by atoms with Crippen LogP contribution in [0.5, 0.6) is 0 Å². The first kappa shape index (κ1) is 36.9. The molecule has 0 fully saturated rings. The van der Waals surface area contributed by atoms with Crippen molar-refractivity contribution >= 4 is 23.2 Å². The van der Waals surface area contributed by atoms with Gasteiger partial charge in [0.15, 0.2) is 0 Å². The molecule has 1 N–H and O–H groups in total. The summed E-state index contributed by atoms with van der Waals surface area (Å²) in [6.45, 7) is 10.9. The van der Waals surface area contributed by atoms with E-state index in [0.29, 0.717) is 79.2 Å².